The van der Waals surface area contributed by atoms with Crippen LogP contribution in [0.1, 0.15) is 33.6 Å². The van der Waals surface area contributed by atoms with Crippen LogP contribution < -0.4 is 5.30 Å². The van der Waals surface area contributed by atoms with Crippen molar-refractivity contribution in [3.05, 3.63) is 30.3 Å². The maximum Gasteiger partial charge on any atom is 0.600 e. The minimum Gasteiger partial charge on any atom is -0.246 e. The highest BCUT2D eigenvalue weighted by Crippen LogP contribution is 2.32. The molecule has 3 nitrogen and oxygen atoms in total. The van der Waals surface area contributed by atoms with E-state index in [4.69, 9.17) is 4.52 Å². The predicted octanol–water partition coefficient (Wildman–Crippen LogP) is 3.42. The zero-order valence-electron chi connectivity index (χ0n) is 10.5. The van der Waals surface area contributed by atoms with Gasteiger partial charge in [-0.1, -0.05) is 32.0 Å². The molecule has 0 radical (unpaired) electrons. The molecule has 0 bridgehead atoms. The van der Waals surface area contributed by atoms with Gasteiger partial charge in [0, 0.05) is 0 Å². The summed E-state index contributed by atoms with van der Waals surface area (Å²) in [5.74, 6) is -0.382. The van der Waals surface area contributed by atoms with Gasteiger partial charge >= 0.3 is 14.0 Å². The molecule has 4 heteroatoms. The first-order chi connectivity index (χ1) is 8.03. The van der Waals surface area contributed by atoms with E-state index >= 15 is 0 Å². The Balaban J connectivity index is 2.73. The third kappa shape index (κ3) is 3.37. The highest BCUT2D eigenvalue weighted by atomic mass is 31.1. The van der Waals surface area contributed by atoms with Crippen molar-refractivity contribution in [3.63, 3.8) is 0 Å². The summed E-state index contributed by atoms with van der Waals surface area (Å²) in [5.41, 5.74) is -0.542. The summed E-state index contributed by atoms with van der Waals surface area (Å²) in [5, 5.41) is 0.547. The van der Waals surface area contributed by atoms with Crippen molar-refractivity contribution < 1.29 is 13.9 Å². The number of hydrogen-bond acceptors (Lipinski definition) is 3. The average molecular weight is 253 g/mol. The molecule has 1 aromatic rings. The molecular weight excluding hydrogens is 235 g/mol. The number of hydrogen-bond donors (Lipinski definition) is 0. The lowest BCUT2D eigenvalue weighted by Crippen LogP contribution is -2.27. The predicted molar refractivity (Wildman–Crippen MR) is 68.5 cm³/mol. The Bertz CT molecular complexity index is 396. The van der Waals surface area contributed by atoms with E-state index in [9.17, 15) is 9.36 Å². The Morgan fingerprint density at radius 2 is 1.76 bits per heavy atom. The standard InChI is InChI=1S/C13H18O3P/c1-4-13(3,5-2)12(14)16-17(15)11-9-7-6-8-10-11/h6-10H,4-5H2,1-3H3/q+1. The van der Waals surface area contributed by atoms with Crippen LogP contribution in [0.15, 0.2) is 30.3 Å². The van der Waals surface area contributed by atoms with E-state index in [2.05, 4.69) is 0 Å². The highest BCUT2D eigenvalue weighted by molar-refractivity contribution is 7.48. The number of carbonyl (C=O) groups excluding carboxylic acids is 1. The zero-order chi connectivity index (χ0) is 12.9. The molecular formula is C13H18O3P+. The second-order valence-corrected chi connectivity index (χ2v) is 5.45. The number of rotatable bonds is 5. The van der Waals surface area contributed by atoms with Gasteiger partial charge in [0.25, 0.3) is 0 Å². The van der Waals surface area contributed by atoms with Crippen molar-refractivity contribution in [3.8, 4) is 0 Å². The van der Waals surface area contributed by atoms with E-state index < -0.39 is 13.4 Å². The van der Waals surface area contributed by atoms with Gasteiger partial charge in [0.05, 0.1) is 5.41 Å². The molecule has 0 aliphatic carbocycles. The molecule has 0 heterocycles. The second kappa shape index (κ2) is 5.92. The van der Waals surface area contributed by atoms with Crippen LogP contribution in [0.2, 0.25) is 0 Å². The summed E-state index contributed by atoms with van der Waals surface area (Å²) in [7, 11) is -2.09. The van der Waals surface area contributed by atoms with E-state index in [-0.39, 0.29) is 5.97 Å². The van der Waals surface area contributed by atoms with Crippen molar-refractivity contribution >= 4 is 19.3 Å². The lowest BCUT2D eigenvalue weighted by molar-refractivity contribution is -0.144. The molecule has 0 aromatic heterocycles. The van der Waals surface area contributed by atoms with E-state index in [0.29, 0.717) is 18.1 Å². The molecule has 1 aromatic carbocycles. The van der Waals surface area contributed by atoms with E-state index in [1.165, 1.54) is 0 Å². The van der Waals surface area contributed by atoms with Crippen molar-refractivity contribution in [2.24, 2.45) is 5.41 Å². The van der Waals surface area contributed by atoms with Crippen LogP contribution in [0.5, 0.6) is 0 Å². The van der Waals surface area contributed by atoms with Gasteiger partial charge in [-0.3, -0.25) is 0 Å². The summed E-state index contributed by atoms with van der Waals surface area (Å²) < 4.78 is 16.9. The Morgan fingerprint density at radius 1 is 1.24 bits per heavy atom. The van der Waals surface area contributed by atoms with Gasteiger partial charge in [0.2, 0.25) is 5.30 Å². The largest absolute Gasteiger partial charge is 0.600 e. The Kier molecular flexibility index (Phi) is 4.83. The summed E-state index contributed by atoms with van der Waals surface area (Å²) in [6.07, 6.45) is 1.36. The molecule has 0 saturated heterocycles. The molecule has 0 saturated carbocycles. The fourth-order valence-electron chi connectivity index (χ4n) is 1.33. The summed E-state index contributed by atoms with van der Waals surface area (Å²) in [4.78, 5) is 11.9. The smallest absolute Gasteiger partial charge is 0.246 e. The Morgan fingerprint density at radius 3 is 2.24 bits per heavy atom. The van der Waals surface area contributed by atoms with Crippen LogP contribution in [0.3, 0.4) is 0 Å². The van der Waals surface area contributed by atoms with Gasteiger partial charge < -0.3 is 0 Å². The normalized spacial score (nSPS) is 12.1. The number of carbonyl (C=O) groups is 1. The summed E-state index contributed by atoms with van der Waals surface area (Å²) in [6, 6.07) is 8.77. The molecule has 0 spiro atoms. The van der Waals surface area contributed by atoms with Crippen LogP contribution in [-0.2, 0) is 13.9 Å². The minimum atomic E-state index is -2.09. The third-order valence-electron chi connectivity index (χ3n) is 3.19. The molecule has 17 heavy (non-hydrogen) atoms. The molecule has 1 unspecified atom stereocenters. The van der Waals surface area contributed by atoms with Crippen molar-refractivity contribution in [1.29, 1.82) is 0 Å². The molecule has 0 aliphatic rings. The van der Waals surface area contributed by atoms with Crippen LogP contribution in [0, 0.1) is 5.41 Å². The molecule has 0 amide bonds. The van der Waals surface area contributed by atoms with Gasteiger partial charge in [-0.05, 0) is 36.5 Å². The van der Waals surface area contributed by atoms with Crippen molar-refractivity contribution in [2.75, 3.05) is 0 Å². The SMILES string of the molecule is CCC(C)(CC)C(=O)O[P+](=O)c1ccccc1. The van der Waals surface area contributed by atoms with Crippen LogP contribution >= 0.6 is 8.03 Å². The van der Waals surface area contributed by atoms with Crippen LogP contribution in [0.25, 0.3) is 0 Å². The van der Waals surface area contributed by atoms with Crippen LogP contribution in [0.4, 0.5) is 0 Å². The lowest BCUT2D eigenvalue weighted by Gasteiger charge is -2.19. The quantitative estimate of drug-likeness (QED) is 0.755. The van der Waals surface area contributed by atoms with Crippen molar-refractivity contribution in [1.82, 2.24) is 0 Å². The van der Waals surface area contributed by atoms with Gasteiger partial charge in [-0.25, -0.2) is 9.32 Å². The minimum absolute atomic E-state index is 0.382. The maximum atomic E-state index is 11.9. The molecule has 0 N–H and O–H groups in total. The molecule has 1 rings (SSSR count). The van der Waals surface area contributed by atoms with Gasteiger partial charge in [-0.2, -0.15) is 0 Å². The molecule has 92 valence electrons. The summed E-state index contributed by atoms with van der Waals surface area (Å²) >= 11 is 0. The van der Waals surface area contributed by atoms with Gasteiger partial charge in [0.15, 0.2) is 0 Å². The lowest BCUT2D eigenvalue weighted by atomic mass is 9.85. The van der Waals surface area contributed by atoms with Gasteiger partial charge in [0.1, 0.15) is 0 Å². The Labute approximate surface area is 103 Å². The molecule has 1 atom stereocenters. The van der Waals surface area contributed by atoms with E-state index in [0.717, 1.165) is 0 Å². The van der Waals surface area contributed by atoms with E-state index in [1.54, 1.807) is 24.3 Å². The zero-order valence-corrected chi connectivity index (χ0v) is 11.4. The first kappa shape index (κ1) is 13.9. The fraction of sp³-hybridized carbons (Fsp3) is 0.462. The van der Waals surface area contributed by atoms with Crippen molar-refractivity contribution in [2.45, 2.75) is 33.6 Å². The third-order valence-corrected chi connectivity index (χ3v) is 4.24. The topological polar surface area (TPSA) is 43.4 Å². The summed E-state index contributed by atoms with van der Waals surface area (Å²) in [6.45, 7) is 5.70. The average Bonchev–Trinajstić information content (AvgIpc) is 2.38. The second-order valence-electron chi connectivity index (χ2n) is 4.24. The Hall–Kier alpha value is -1.21. The number of benzene rings is 1. The first-order valence-corrected chi connectivity index (χ1v) is 6.96. The van der Waals surface area contributed by atoms with E-state index in [1.807, 2.05) is 26.8 Å². The first-order valence-electron chi connectivity index (χ1n) is 5.78. The highest BCUT2D eigenvalue weighted by Gasteiger charge is 2.38. The molecule has 0 aliphatic heterocycles. The fourth-order valence-corrected chi connectivity index (χ4v) is 2.22. The van der Waals surface area contributed by atoms with Crippen LogP contribution in [-0.4, -0.2) is 5.97 Å². The van der Waals surface area contributed by atoms with Gasteiger partial charge in [-0.15, -0.1) is 0 Å². The molecule has 0 fully saturated rings. The monoisotopic (exact) mass is 253 g/mol. The maximum absolute atomic E-state index is 11.9.